The van der Waals surface area contributed by atoms with Crippen LogP contribution < -0.4 is 9.64 Å². The van der Waals surface area contributed by atoms with Gasteiger partial charge in [-0.3, -0.25) is 0 Å². The van der Waals surface area contributed by atoms with Gasteiger partial charge in [0, 0.05) is 5.69 Å². The van der Waals surface area contributed by atoms with E-state index in [1.807, 2.05) is 30.3 Å². The van der Waals surface area contributed by atoms with Gasteiger partial charge in [0.05, 0.1) is 33.0 Å². The van der Waals surface area contributed by atoms with Gasteiger partial charge in [-0.2, -0.15) is 0 Å². The fraction of sp³-hybridized carbons (Fsp3) is 0.304. The molecule has 1 aliphatic rings. The Labute approximate surface area is 175 Å². The first-order valence-corrected chi connectivity index (χ1v) is 9.66. The van der Waals surface area contributed by atoms with Crippen LogP contribution in [0.5, 0.6) is 5.75 Å². The molecule has 0 amide bonds. The van der Waals surface area contributed by atoms with Crippen molar-refractivity contribution in [2.75, 3.05) is 39.1 Å². The lowest BCUT2D eigenvalue weighted by Crippen LogP contribution is -2.38. The lowest BCUT2D eigenvalue weighted by atomic mass is 10.1. The molecule has 0 saturated heterocycles. The van der Waals surface area contributed by atoms with Crippen LogP contribution in [0.4, 0.5) is 5.69 Å². The Morgan fingerprint density at radius 1 is 0.967 bits per heavy atom. The summed E-state index contributed by atoms with van der Waals surface area (Å²) in [5.74, 6) is -0.528. The van der Waals surface area contributed by atoms with Gasteiger partial charge in [-0.05, 0) is 42.7 Å². The third kappa shape index (κ3) is 5.18. The highest BCUT2D eigenvalue weighted by atomic mass is 16.5. The van der Waals surface area contributed by atoms with Gasteiger partial charge in [0.1, 0.15) is 18.2 Å². The topological polar surface area (TPSA) is 74.3 Å². The van der Waals surface area contributed by atoms with E-state index in [0.717, 1.165) is 18.6 Å². The van der Waals surface area contributed by atoms with Crippen LogP contribution in [0.25, 0.3) is 0 Å². The molecule has 0 radical (unpaired) electrons. The zero-order valence-corrected chi connectivity index (χ0v) is 17.1. The van der Waals surface area contributed by atoms with Crippen molar-refractivity contribution in [3.05, 3.63) is 71.4 Å². The SMILES string of the molecule is COC(=O)C1=C(C(=O)OC)N(c2ccc(OCCCc3ccccc3)cc2)COC1. The fourth-order valence-corrected chi connectivity index (χ4v) is 3.18. The van der Waals surface area contributed by atoms with E-state index in [9.17, 15) is 9.59 Å². The van der Waals surface area contributed by atoms with Gasteiger partial charge < -0.3 is 23.8 Å². The summed E-state index contributed by atoms with van der Waals surface area (Å²) in [6.07, 6.45) is 1.86. The highest BCUT2D eigenvalue weighted by Gasteiger charge is 2.32. The second-order valence-electron chi connectivity index (χ2n) is 6.65. The van der Waals surface area contributed by atoms with E-state index < -0.39 is 11.9 Å². The average Bonchev–Trinajstić information content (AvgIpc) is 2.81. The predicted molar refractivity (Wildman–Crippen MR) is 111 cm³/mol. The minimum Gasteiger partial charge on any atom is -0.494 e. The molecule has 2 aromatic carbocycles. The van der Waals surface area contributed by atoms with E-state index in [-0.39, 0.29) is 24.6 Å². The molecule has 0 fully saturated rings. The fourth-order valence-electron chi connectivity index (χ4n) is 3.18. The number of carbonyl (C=O) groups excluding carboxylic acids is 2. The predicted octanol–water partition coefficient (Wildman–Crippen LogP) is 3.09. The van der Waals surface area contributed by atoms with Crippen LogP contribution in [0.3, 0.4) is 0 Å². The maximum absolute atomic E-state index is 12.3. The molecule has 3 rings (SSSR count). The summed E-state index contributed by atoms with van der Waals surface area (Å²) in [7, 11) is 2.53. The number of anilines is 1. The van der Waals surface area contributed by atoms with Gasteiger partial charge >= 0.3 is 11.9 Å². The van der Waals surface area contributed by atoms with Crippen molar-refractivity contribution in [1.82, 2.24) is 0 Å². The zero-order valence-electron chi connectivity index (χ0n) is 17.1. The Hall–Kier alpha value is -3.32. The van der Waals surface area contributed by atoms with Crippen LogP contribution in [0.2, 0.25) is 0 Å². The Bertz CT molecular complexity index is 892. The van der Waals surface area contributed by atoms with Gasteiger partial charge in [-0.15, -0.1) is 0 Å². The number of carbonyl (C=O) groups is 2. The van der Waals surface area contributed by atoms with E-state index in [1.165, 1.54) is 19.8 Å². The van der Waals surface area contributed by atoms with Crippen molar-refractivity contribution in [2.45, 2.75) is 12.8 Å². The highest BCUT2D eigenvalue weighted by molar-refractivity contribution is 6.03. The Kier molecular flexibility index (Phi) is 7.45. The Balaban J connectivity index is 1.66. The maximum Gasteiger partial charge on any atom is 0.355 e. The molecule has 0 spiro atoms. The molecule has 0 bridgehead atoms. The molecule has 0 N–H and O–H groups in total. The number of ether oxygens (including phenoxy) is 4. The van der Waals surface area contributed by atoms with Gasteiger partial charge in [-0.25, -0.2) is 9.59 Å². The zero-order chi connectivity index (χ0) is 21.3. The third-order valence-electron chi connectivity index (χ3n) is 4.70. The smallest absolute Gasteiger partial charge is 0.355 e. The van der Waals surface area contributed by atoms with E-state index in [1.54, 1.807) is 17.0 Å². The number of hydrogen-bond acceptors (Lipinski definition) is 7. The van der Waals surface area contributed by atoms with Crippen LogP contribution >= 0.6 is 0 Å². The first-order chi connectivity index (χ1) is 14.6. The number of methoxy groups -OCH3 is 2. The summed E-state index contributed by atoms with van der Waals surface area (Å²) in [5.41, 5.74) is 2.20. The summed E-state index contributed by atoms with van der Waals surface area (Å²) in [5, 5.41) is 0. The quantitative estimate of drug-likeness (QED) is 0.488. The molecular formula is C23H25NO6. The molecule has 7 nitrogen and oxygen atoms in total. The minimum absolute atomic E-state index is 0.0176. The van der Waals surface area contributed by atoms with Crippen molar-refractivity contribution >= 4 is 17.6 Å². The molecule has 0 aromatic heterocycles. The minimum atomic E-state index is -0.626. The normalized spacial score (nSPS) is 13.7. The molecule has 0 aliphatic carbocycles. The summed E-state index contributed by atoms with van der Waals surface area (Å²) in [6.45, 7) is 0.694. The first-order valence-electron chi connectivity index (χ1n) is 9.66. The van der Waals surface area contributed by atoms with Crippen molar-refractivity contribution < 1.29 is 28.5 Å². The number of benzene rings is 2. The van der Waals surface area contributed by atoms with Crippen LogP contribution in [0.1, 0.15) is 12.0 Å². The van der Waals surface area contributed by atoms with E-state index in [0.29, 0.717) is 12.3 Å². The third-order valence-corrected chi connectivity index (χ3v) is 4.70. The molecule has 30 heavy (non-hydrogen) atoms. The van der Waals surface area contributed by atoms with Crippen LogP contribution in [0, 0.1) is 0 Å². The molecular weight excluding hydrogens is 386 g/mol. The molecule has 2 aromatic rings. The van der Waals surface area contributed by atoms with Crippen molar-refractivity contribution in [1.29, 1.82) is 0 Å². The first kappa shape index (κ1) is 21.4. The molecule has 0 atom stereocenters. The maximum atomic E-state index is 12.3. The highest BCUT2D eigenvalue weighted by Crippen LogP contribution is 2.28. The number of rotatable bonds is 8. The molecule has 0 unspecified atom stereocenters. The monoisotopic (exact) mass is 411 g/mol. The van der Waals surface area contributed by atoms with Gasteiger partial charge in [-0.1, -0.05) is 30.3 Å². The van der Waals surface area contributed by atoms with E-state index in [4.69, 9.17) is 18.9 Å². The second kappa shape index (κ2) is 10.5. The number of esters is 2. The van der Waals surface area contributed by atoms with Crippen LogP contribution in [0.15, 0.2) is 65.9 Å². The van der Waals surface area contributed by atoms with E-state index in [2.05, 4.69) is 12.1 Å². The molecule has 7 heteroatoms. The number of nitrogens with zero attached hydrogens (tertiary/aromatic N) is 1. The summed E-state index contributed by atoms with van der Waals surface area (Å²) >= 11 is 0. The van der Waals surface area contributed by atoms with Crippen LogP contribution in [-0.4, -0.2) is 46.1 Å². The number of hydrogen-bond donors (Lipinski definition) is 0. The average molecular weight is 411 g/mol. The number of aryl methyl sites for hydroxylation is 1. The molecule has 0 saturated carbocycles. The summed E-state index contributed by atoms with van der Waals surface area (Å²) < 4.78 is 20.9. The second-order valence-corrected chi connectivity index (χ2v) is 6.65. The Morgan fingerprint density at radius 2 is 1.67 bits per heavy atom. The Morgan fingerprint density at radius 3 is 2.33 bits per heavy atom. The van der Waals surface area contributed by atoms with Gasteiger partial charge in [0.2, 0.25) is 0 Å². The van der Waals surface area contributed by atoms with Gasteiger partial charge in [0.25, 0.3) is 0 Å². The van der Waals surface area contributed by atoms with E-state index >= 15 is 0 Å². The van der Waals surface area contributed by atoms with Gasteiger partial charge in [0.15, 0.2) is 0 Å². The molecule has 158 valence electrons. The molecule has 1 heterocycles. The van der Waals surface area contributed by atoms with Crippen LogP contribution in [-0.2, 0) is 30.2 Å². The standard InChI is InChI=1S/C23H25NO6/c1-27-22(25)20-15-29-16-24(21(20)23(26)28-2)18-10-12-19(13-11-18)30-14-6-9-17-7-4-3-5-8-17/h3-5,7-8,10-13H,6,9,14-16H2,1-2H3. The summed E-state index contributed by atoms with van der Waals surface area (Å²) in [4.78, 5) is 26.0. The van der Waals surface area contributed by atoms with Crippen molar-refractivity contribution in [3.8, 4) is 5.75 Å². The molecule has 1 aliphatic heterocycles. The lowest BCUT2D eigenvalue weighted by molar-refractivity contribution is -0.140. The lowest BCUT2D eigenvalue weighted by Gasteiger charge is -2.31. The van der Waals surface area contributed by atoms with Crippen molar-refractivity contribution in [2.24, 2.45) is 0 Å². The summed E-state index contributed by atoms with van der Waals surface area (Å²) in [6, 6.07) is 17.5. The largest absolute Gasteiger partial charge is 0.494 e. The van der Waals surface area contributed by atoms with Crippen molar-refractivity contribution in [3.63, 3.8) is 0 Å².